The lowest BCUT2D eigenvalue weighted by Gasteiger charge is -2.19. The zero-order chi connectivity index (χ0) is 32.1. The van der Waals surface area contributed by atoms with Gasteiger partial charge < -0.3 is 14.7 Å². The van der Waals surface area contributed by atoms with E-state index in [9.17, 15) is 0 Å². The second-order valence-corrected chi connectivity index (χ2v) is 12.4. The van der Waals surface area contributed by atoms with Crippen LogP contribution in [0.5, 0.6) is 0 Å². The van der Waals surface area contributed by atoms with E-state index in [1.165, 1.54) is 33.5 Å². The molecule has 0 N–H and O–H groups in total. The van der Waals surface area contributed by atoms with Crippen LogP contribution < -0.4 is 14.7 Å². The summed E-state index contributed by atoms with van der Waals surface area (Å²) in [7, 11) is 0. The van der Waals surface area contributed by atoms with Gasteiger partial charge in [-0.1, -0.05) is 133 Å². The van der Waals surface area contributed by atoms with Gasteiger partial charge in [0.1, 0.15) is 6.54 Å². The Kier molecular flexibility index (Phi) is 8.38. The average molecular weight is 618 g/mol. The van der Waals surface area contributed by atoms with Gasteiger partial charge in [0, 0.05) is 42.4 Å². The molecule has 0 saturated heterocycles. The van der Waals surface area contributed by atoms with Crippen molar-refractivity contribution in [2.24, 2.45) is 0 Å². The second kappa shape index (κ2) is 13.6. The molecule has 230 valence electrons. The molecule has 6 aromatic rings. The van der Waals surface area contributed by atoms with E-state index in [0.29, 0.717) is 0 Å². The van der Waals surface area contributed by atoms with Crippen molar-refractivity contribution in [1.82, 2.24) is 0 Å². The first kappa shape index (κ1) is 29.7. The van der Waals surface area contributed by atoms with Gasteiger partial charge in [0.2, 0.25) is 6.67 Å². The van der Waals surface area contributed by atoms with Gasteiger partial charge >= 0.3 is 0 Å². The van der Waals surface area contributed by atoms with E-state index >= 15 is 0 Å². The van der Waals surface area contributed by atoms with Crippen molar-refractivity contribution >= 4 is 17.1 Å². The molecule has 0 amide bonds. The fraction of sp³-hybridized carbons (Fsp3) is 0.111. The van der Waals surface area contributed by atoms with E-state index in [2.05, 4.69) is 197 Å². The molecule has 8 rings (SSSR count). The van der Waals surface area contributed by atoms with Crippen molar-refractivity contribution in [3.8, 4) is 11.8 Å². The Hall–Kier alpha value is -5.72. The van der Waals surface area contributed by atoms with Crippen LogP contribution in [0.2, 0.25) is 0 Å². The van der Waals surface area contributed by atoms with E-state index < -0.39 is 0 Å². The Morgan fingerprint density at radius 2 is 0.896 bits per heavy atom. The van der Waals surface area contributed by atoms with E-state index in [-0.39, 0.29) is 5.92 Å². The number of hydrogen-bond acceptors (Lipinski definition) is 3. The van der Waals surface area contributed by atoms with E-state index in [1.54, 1.807) is 0 Å². The Morgan fingerprint density at radius 3 is 1.46 bits per heavy atom. The summed E-state index contributed by atoms with van der Waals surface area (Å²) < 4.78 is 0. The summed E-state index contributed by atoms with van der Waals surface area (Å²) in [5.41, 5.74) is 11.8. The van der Waals surface area contributed by atoms with Crippen LogP contribution in [-0.4, -0.2) is 0 Å². The Balaban J connectivity index is 1.08. The van der Waals surface area contributed by atoms with Crippen LogP contribution in [0.1, 0.15) is 44.9 Å². The quantitative estimate of drug-likeness (QED) is 0.158. The number of fused-ring (bicyclic) bond motifs is 2. The summed E-state index contributed by atoms with van der Waals surface area (Å²) in [5.74, 6) is 7.15. The Bertz CT molecular complexity index is 1900. The summed E-state index contributed by atoms with van der Waals surface area (Å²) in [5, 5.41) is 0. The number of anilines is 3. The Morgan fingerprint density at radius 1 is 0.438 bits per heavy atom. The maximum atomic E-state index is 3.80. The third-order valence-corrected chi connectivity index (χ3v) is 8.99. The first-order valence-corrected chi connectivity index (χ1v) is 16.6. The standard InChI is InChI=1S/C45H35N3/c1-5-13-35(14-6-1)27-41-33-46(30-38-15-7-2-8-16-38)43-25-23-36(28-42(41)43)21-22-37-24-26-44-45(29-37)48(32-40-19-11-4-12-20-40)34-47(44)31-39-17-9-3-10-18-39/h1-20,23-26,28-29,41H,27,30-32H2. The molecule has 0 aromatic heterocycles. The highest BCUT2D eigenvalue weighted by Gasteiger charge is 2.31. The van der Waals surface area contributed by atoms with Gasteiger partial charge in [0.05, 0.1) is 11.4 Å². The van der Waals surface area contributed by atoms with Crippen molar-refractivity contribution in [1.29, 1.82) is 0 Å². The van der Waals surface area contributed by atoms with Gasteiger partial charge in [-0.25, -0.2) is 0 Å². The normalized spacial score (nSPS) is 14.8. The van der Waals surface area contributed by atoms with Gasteiger partial charge in [-0.2, -0.15) is 0 Å². The molecule has 2 aliphatic heterocycles. The lowest BCUT2D eigenvalue weighted by molar-refractivity contribution is 0.769. The highest BCUT2D eigenvalue weighted by Crippen LogP contribution is 2.43. The molecule has 0 bridgehead atoms. The van der Waals surface area contributed by atoms with Crippen LogP contribution in [0.15, 0.2) is 158 Å². The van der Waals surface area contributed by atoms with Crippen LogP contribution in [0, 0.1) is 25.1 Å². The molecule has 4 radical (unpaired) electrons. The lowest BCUT2D eigenvalue weighted by atomic mass is 9.93. The van der Waals surface area contributed by atoms with Crippen LogP contribution in [0.25, 0.3) is 0 Å². The van der Waals surface area contributed by atoms with Gasteiger partial charge in [0.25, 0.3) is 0 Å². The maximum Gasteiger partial charge on any atom is 0.209 e. The van der Waals surface area contributed by atoms with Gasteiger partial charge in [0.15, 0.2) is 0 Å². The van der Waals surface area contributed by atoms with Crippen LogP contribution in [-0.2, 0) is 26.1 Å². The lowest BCUT2D eigenvalue weighted by Crippen LogP contribution is -2.24. The van der Waals surface area contributed by atoms with Crippen molar-refractivity contribution in [3.05, 3.63) is 210 Å². The molecular weight excluding hydrogens is 583 g/mol. The molecular formula is C45H35N3. The molecule has 3 nitrogen and oxygen atoms in total. The molecule has 1 unspecified atom stereocenters. The predicted octanol–water partition coefficient (Wildman–Crippen LogP) is 9.49. The summed E-state index contributed by atoms with van der Waals surface area (Å²) >= 11 is 0. The third-order valence-electron chi connectivity index (χ3n) is 8.99. The molecule has 0 spiro atoms. The number of rotatable bonds is 8. The summed E-state index contributed by atoms with van der Waals surface area (Å²) in [4.78, 5) is 6.72. The van der Waals surface area contributed by atoms with E-state index in [0.717, 1.165) is 48.6 Å². The highest BCUT2D eigenvalue weighted by atomic mass is 15.4. The third kappa shape index (κ3) is 6.57. The summed E-state index contributed by atoms with van der Waals surface area (Å²) in [6, 6.07) is 55.6. The molecule has 3 heteroatoms. The molecule has 1 atom stereocenters. The molecule has 48 heavy (non-hydrogen) atoms. The van der Waals surface area contributed by atoms with Crippen molar-refractivity contribution in [2.75, 3.05) is 14.7 Å². The first-order chi connectivity index (χ1) is 23.7. The van der Waals surface area contributed by atoms with Crippen LogP contribution in [0.4, 0.5) is 17.1 Å². The average Bonchev–Trinajstić information content (AvgIpc) is 3.65. The number of nitrogens with zero attached hydrogens (tertiary/aromatic N) is 3. The van der Waals surface area contributed by atoms with Gasteiger partial charge in [-0.15, -0.1) is 0 Å². The smallest absolute Gasteiger partial charge is 0.209 e. The van der Waals surface area contributed by atoms with Gasteiger partial charge in [-0.05, 0) is 70.6 Å². The SMILES string of the molecule is [C]1C(Cc2ccccc2)c2cc(C#Cc3ccc4c(c3)N(Cc3ccccc3)[C]N4Cc3ccccc3)ccc2N1Cc1ccccc1. The van der Waals surface area contributed by atoms with Crippen LogP contribution >= 0.6 is 0 Å². The molecule has 2 heterocycles. The zero-order valence-corrected chi connectivity index (χ0v) is 26.8. The molecule has 2 aliphatic rings. The fourth-order valence-electron chi connectivity index (χ4n) is 6.60. The largest absolute Gasteiger partial charge is 0.356 e. The zero-order valence-electron chi connectivity index (χ0n) is 26.8. The Labute approximate surface area is 284 Å². The molecule has 0 fully saturated rings. The molecule has 0 saturated carbocycles. The predicted molar refractivity (Wildman–Crippen MR) is 196 cm³/mol. The van der Waals surface area contributed by atoms with Crippen molar-refractivity contribution < 1.29 is 0 Å². The maximum absolute atomic E-state index is 3.80. The monoisotopic (exact) mass is 617 g/mol. The van der Waals surface area contributed by atoms with E-state index in [4.69, 9.17) is 0 Å². The van der Waals surface area contributed by atoms with Crippen molar-refractivity contribution in [2.45, 2.75) is 32.0 Å². The summed E-state index contributed by atoms with van der Waals surface area (Å²) in [6.45, 7) is 9.74. The second-order valence-electron chi connectivity index (χ2n) is 12.4. The minimum atomic E-state index is 0.168. The molecule has 0 aliphatic carbocycles. The van der Waals surface area contributed by atoms with E-state index in [1.807, 2.05) is 0 Å². The highest BCUT2D eigenvalue weighted by molar-refractivity contribution is 5.80. The first-order valence-electron chi connectivity index (χ1n) is 16.6. The number of hydrogen-bond donors (Lipinski definition) is 0. The molecule has 6 aromatic carbocycles. The number of benzene rings is 6. The van der Waals surface area contributed by atoms with Crippen molar-refractivity contribution in [3.63, 3.8) is 0 Å². The fourth-order valence-corrected chi connectivity index (χ4v) is 6.60. The summed E-state index contributed by atoms with van der Waals surface area (Å²) in [6.07, 6.45) is 0.907. The van der Waals surface area contributed by atoms with Gasteiger partial charge in [-0.3, -0.25) is 0 Å². The van der Waals surface area contributed by atoms with Crippen LogP contribution in [0.3, 0.4) is 0 Å². The topological polar surface area (TPSA) is 9.72 Å². The minimum Gasteiger partial charge on any atom is -0.356 e. The minimum absolute atomic E-state index is 0.168.